The smallest absolute Gasteiger partial charge is 0.292 e. The van der Waals surface area contributed by atoms with Gasteiger partial charge in [0.05, 0.1) is 18.0 Å². The number of nitriles is 1. The SMILES string of the molecule is CC(C)(C#N)CCCN(CC(F)(F)F)C1CC1. The Morgan fingerprint density at radius 3 is 2.29 bits per heavy atom. The van der Waals surface area contributed by atoms with Gasteiger partial charge in [0, 0.05) is 6.04 Å². The van der Waals surface area contributed by atoms with Gasteiger partial charge in [0.25, 0.3) is 0 Å². The van der Waals surface area contributed by atoms with Gasteiger partial charge < -0.3 is 0 Å². The summed E-state index contributed by atoms with van der Waals surface area (Å²) in [5.74, 6) is 0. The molecule has 0 aromatic rings. The van der Waals surface area contributed by atoms with E-state index in [-0.39, 0.29) is 6.04 Å². The highest BCUT2D eigenvalue weighted by Crippen LogP contribution is 2.31. The lowest BCUT2D eigenvalue weighted by molar-refractivity contribution is -0.147. The molecule has 1 aliphatic carbocycles. The van der Waals surface area contributed by atoms with E-state index in [1.54, 1.807) is 0 Å². The first-order valence-corrected chi connectivity index (χ1v) is 5.95. The Morgan fingerprint density at radius 1 is 1.29 bits per heavy atom. The predicted molar refractivity (Wildman–Crippen MR) is 59.3 cm³/mol. The van der Waals surface area contributed by atoms with Crippen molar-refractivity contribution in [1.82, 2.24) is 4.90 Å². The molecule has 1 rings (SSSR count). The summed E-state index contributed by atoms with van der Waals surface area (Å²) in [6.45, 7) is 3.26. The molecule has 0 heterocycles. The average molecular weight is 248 g/mol. The maximum Gasteiger partial charge on any atom is 0.401 e. The van der Waals surface area contributed by atoms with E-state index in [2.05, 4.69) is 6.07 Å². The Labute approximate surface area is 100 Å². The second kappa shape index (κ2) is 5.26. The predicted octanol–water partition coefficient (Wildman–Crippen LogP) is 3.34. The Bertz CT molecular complexity index is 287. The van der Waals surface area contributed by atoms with Crippen LogP contribution in [0.25, 0.3) is 0 Å². The van der Waals surface area contributed by atoms with Crippen LogP contribution in [0.1, 0.15) is 39.5 Å². The minimum absolute atomic E-state index is 0.113. The second-order valence-electron chi connectivity index (χ2n) is 5.42. The summed E-state index contributed by atoms with van der Waals surface area (Å²) in [5.41, 5.74) is -0.437. The number of hydrogen-bond acceptors (Lipinski definition) is 2. The number of alkyl halides is 3. The first kappa shape index (κ1) is 14.3. The van der Waals surface area contributed by atoms with Gasteiger partial charge in [-0.25, -0.2) is 0 Å². The van der Waals surface area contributed by atoms with Crippen molar-refractivity contribution in [2.75, 3.05) is 13.1 Å². The van der Waals surface area contributed by atoms with Crippen molar-refractivity contribution in [3.05, 3.63) is 0 Å². The molecule has 0 N–H and O–H groups in total. The van der Waals surface area contributed by atoms with Crippen LogP contribution in [0.15, 0.2) is 0 Å². The molecule has 17 heavy (non-hydrogen) atoms. The summed E-state index contributed by atoms with van der Waals surface area (Å²) in [7, 11) is 0. The van der Waals surface area contributed by atoms with Gasteiger partial charge in [0.2, 0.25) is 0 Å². The molecule has 0 unspecified atom stereocenters. The highest BCUT2D eigenvalue weighted by Gasteiger charge is 2.37. The topological polar surface area (TPSA) is 27.0 Å². The molecule has 5 heteroatoms. The molecule has 0 saturated heterocycles. The van der Waals surface area contributed by atoms with Gasteiger partial charge in [0.1, 0.15) is 0 Å². The minimum Gasteiger partial charge on any atom is -0.292 e. The highest BCUT2D eigenvalue weighted by molar-refractivity contribution is 4.92. The molecule has 0 atom stereocenters. The molecule has 0 bridgehead atoms. The van der Waals surface area contributed by atoms with Crippen LogP contribution in [0.3, 0.4) is 0 Å². The Balaban J connectivity index is 2.34. The molecule has 1 fully saturated rings. The van der Waals surface area contributed by atoms with Crippen molar-refractivity contribution in [1.29, 1.82) is 5.26 Å². The zero-order chi connectivity index (χ0) is 13.1. The Hall–Kier alpha value is -0.760. The van der Waals surface area contributed by atoms with Crippen LogP contribution in [0.2, 0.25) is 0 Å². The van der Waals surface area contributed by atoms with Crippen molar-refractivity contribution in [3.8, 4) is 6.07 Å². The summed E-state index contributed by atoms with van der Waals surface area (Å²) >= 11 is 0. The van der Waals surface area contributed by atoms with E-state index < -0.39 is 18.1 Å². The molecule has 2 nitrogen and oxygen atoms in total. The molecule has 0 radical (unpaired) electrons. The molecular weight excluding hydrogens is 229 g/mol. The highest BCUT2D eigenvalue weighted by atomic mass is 19.4. The van der Waals surface area contributed by atoms with Crippen LogP contribution in [0, 0.1) is 16.7 Å². The monoisotopic (exact) mass is 248 g/mol. The van der Waals surface area contributed by atoms with Gasteiger partial charge >= 0.3 is 6.18 Å². The Morgan fingerprint density at radius 2 is 1.88 bits per heavy atom. The Kier molecular flexibility index (Phi) is 4.42. The van der Waals surface area contributed by atoms with E-state index in [0.717, 1.165) is 12.8 Å². The fraction of sp³-hybridized carbons (Fsp3) is 0.917. The zero-order valence-corrected chi connectivity index (χ0v) is 10.3. The van der Waals surface area contributed by atoms with Gasteiger partial charge in [-0.3, -0.25) is 4.90 Å². The molecule has 0 aromatic carbocycles. The molecular formula is C12H19F3N2. The molecule has 0 amide bonds. The molecule has 1 aliphatic rings. The van der Waals surface area contributed by atoms with Crippen LogP contribution in [0.5, 0.6) is 0 Å². The first-order chi connectivity index (χ1) is 7.73. The van der Waals surface area contributed by atoms with E-state index >= 15 is 0 Å². The van der Waals surface area contributed by atoms with E-state index in [1.165, 1.54) is 4.90 Å². The average Bonchev–Trinajstić information content (AvgIpc) is 2.97. The maximum absolute atomic E-state index is 12.3. The second-order valence-corrected chi connectivity index (χ2v) is 5.42. The fourth-order valence-electron chi connectivity index (χ4n) is 1.84. The first-order valence-electron chi connectivity index (χ1n) is 5.95. The lowest BCUT2D eigenvalue weighted by Crippen LogP contribution is -2.36. The molecule has 0 spiro atoms. The summed E-state index contributed by atoms with van der Waals surface area (Å²) in [4.78, 5) is 1.51. The number of nitrogens with zero attached hydrogens (tertiary/aromatic N) is 2. The quantitative estimate of drug-likeness (QED) is 0.720. The normalized spacial score (nSPS) is 17.2. The van der Waals surface area contributed by atoms with Crippen LogP contribution < -0.4 is 0 Å². The van der Waals surface area contributed by atoms with Gasteiger partial charge in [-0.15, -0.1) is 0 Å². The lowest BCUT2D eigenvalue weighted by atomic mass is 9.90. The number of rotatable bonds is 6. The molecule has 0 aliphatic heterocycles. The van der Waals surface area contributed by atoms with E-state index in [4.69, 9.17) is 5.26 Å². The minimum atomic E-state index is -4.12. The number of hydrogen-bond donors (Lipinski definition) is 0. The summed E-state index contributed by atoms with van der Waals surface area (Å²) < 4.78 is 37.0. The van der Waals surface area contributed by atoms with Gasteiger partial charge in [0.15, 0.2) is 0 Å². The zero-order valence-electron chi connectivity index (χ0n) is 10.3. The summed E-state index contributed by atoms with van der Waals surface area (Å²) in [6, 6.07) is 2.28. The third-order valence-corrected chi connectivity index (χ3v) is 3.00. The lowest BCUT2D eigenvalue weighted by Gasteiger charge is -2.24. The maximum atomic E-state index is 12.3. The summed E-state index contributed by atoms with van der Waals surface area (Å²) in [5, 5.41) is 8.82. The van der Waals surface area contributed by atoms with Crippen molar-refractivity contribution < 1.29 is 13.2 Å². The van der Waals surface area contributed by atoms with Crippen LogP contribution >= 0.6 is 0 Å². The largest absolute Gasteiger partial charge is 0.401 e. The molecule has 1 saturated carbocycles. The third-order valence-electron chi connectivity index (χ3n) is 3.00. The van der Waals surface area contributed by atoms with E-state index in [1.807, 2.05) is 13.8 Å². The molecule has 98 valence electrons. The van der Waals surface area contributed by atoms with Crippen molar-refractivity contribution in [2.45, 2.75) is 51.7 Å². The van der Waals surface area contributed by atoms with Crippen LogP contribution in [-0.2, 0) is 0 Å². The summed E-state index contributed by atoms with van der Waals surface area (Å²) in [6.07, 6.45) is -1.08. The van der Waals surface area contributed by atoms with E-state index in [0.29, 0.717) is 19.4 Å². The van der Waals surface area contributed by atoms with Crippen LogP contribution in [-0.4, -0.2) is 30.2 Å². The van der Waals surface area contributed by atoms with Gasteiger partial charge in [-0.2, -0.15) is 18.4 Å². The van der Waals surface area contributed by atoms with Crippen LogP contribution in [0.4, 0.5) is 13.2 Å². The number of halogens is 3. The molecule has 0 aromatic heterocycles. The van der Waals surface area contributed by atoms with Crippen molar-refractivity contribution in [2.24, 2.45) is 5.41 Å². The standard InChI is InChI=1S/C12H19F3N2/c1-11(2,8-16)6-3-7-17(10-4-5-10)9-12(13,14)15/h10H,3-7,9H2,1-2H3. The van der Waals surface area contributed by atoms with Gasteiger partial charge in [-0.1, -0.05) is 0 Å². The van der Waals surface area contributed by atoms with Gasteiger partial charge in [-0.05, 0) is 46.1 Å². The van der Waals surface area contributed by atoms with Crippen molar-refractivity contribution in [3.63, 3.8) is 0 Å². The third kappa shape index (κ3) is 5.92. The fourth-order valence-corrected chi connectivity index (χ4v) is 1.84. The van der Waals surface area contributed by atoms with E-state index in [9.17, 15) is 13.2 Å². The van der Waals surface area contributed by atoms with Crippen molar-refractivity contribution >= 4 is 0 Å².